The van der Waals surface area contributed by atoms with E-state index in [9.17, 15) is 10.1 Å². The van der Waals surface area contributed by atoms with Crippen molar-refractivity contribution in [3.8, 4) is 24.2 Å². The Morgan fingerprint density at radius 3 is 2.70 bits per heavy atom. The molecule has 0 bridgehead atoms. The molecule has 1 aliphatic heterocycles. The van der Waals surface area contributed by atoms with Gasteiger partial charge in [0, 0.05) is 18.3 Å². The normalized spacial score (nSPS) is 27.6. The van der Waals surface area contributed by atoms with Crippen molar-refractivity contribution >= 4 is 17.5 Å². The van der Waals surface area contributed by atoms with Crippen molar-refractivity contribution in [1.29, 1.82) is 5.26 Å². The number of halogens is 1. The highest BCUT2D eigenvalue weighted by atomic mass is 35.5. The van der Waals surface area contributed by atoms with Crippen LogP contribution in [0.25, 0.3) is 0 Å². The first kappa shape index (κ1) is 19.5. The molecule has 1 aromatic heterocycles. The largest absolute Gasteiger partial charge is 0.489 e. The Balaban J connectivity index is 1.43. The lowest BCUT2D eigenvalue weighted by atomic mass is 9.93. The minimum Gasteiger partial charge on any atom is -0.489 e. The van der Waals surface area contributed by atoms with Gasteiger partial charge in [-0.2, -0.15) is 5.26 Å². The zero-order valence-corrected chi connectivity index (χ0v) is 15.9. The van der Waals surface area contributed by atoms with Crippen molar-refractivity contribution in [2.24, 2.45) is 0 Å². The second kappa shape index (κ2) is 9.08. The van der Waals surface area contributed by atoms with Crippen molar-refractivity contribution in [3.63, 3.8) is 0 Å². The quantitative estimate of drug-likeness (QED) is 0.787. The van der Waals surface area contributed by atoms with E-state index in [0.717, 1.165) is 25.7 Å². The number of nitrogens with zero attached hydrogens (tertiary/aromatic N) is 3. The molecule has 2 aliphatic rings. The van der Waals surface area contributed by atoms with Gasteiger partial charge < -0.3 is 15.0 Å². The molecule has 0 aromatic carbocycles. The van der Waals surface area contributed by atoms with Crippen molar-refractivity contribution < 1.29 is 9.53 Å². The van der Waals surface area contributed by atoms with Crippen LogP contribution >= 0.6 is 11.6 Å². The highest BCUT2D eigenvalue weighted by Gasteiger charge is 2.36. The SMILES string of the molecule is C#C[C@H]1CC[C@@H](C#N)N1C(=O)CN[C@H]1CC[C@H](Oc2cncc(Cl)c2)CC1. The van der Waals surface area contributed by atoms with Gasteiger partial charge in [0.15, 0.2) is 0 Å². The second-order valence-corrected chi connectivity index (χ2v) is 7.45. The third kappa shape index (κ3) is 4.91. The van der Waals surface area contributed by atoms with Gasteiger partial charge in [0.2, 0.25) is 5.91 Å². The van der Waals surface area contributed by atoms with Crippen LogP contribution in [0.1, 0.15) is 38.5 Å². The van der Waals surface area contributed by atoms with E-state index in [1.165, 1.54) is 0 Å². The molecule has 1 aromatic rings. The number of carbonyl (C=O) groups is 1. The lowest BCUT2D eigenvalue weighted by molar-refractivity contribution is -0.131. The van der Waals surface area contributed by atoms with Crippen LogP contribution < -0.4 is 10.1 Å². The number of nitriles is 1. The maximum atomic E-state index is 12.5. The van der Waals surface area contributed by atoms with Crippen LogP contribution in [0.3, 0.4) is 0 Å². The van der Waals surface area contributed by atoms with Gasteiger partial charge in [0.1, 0.15) is 11.8 Å². The summed E-state index contributed by atoms with van der Waals surface area (Å²) in [6, 6.07) is 3.54. The van der Waals surface area contributed by atoms with Gasteiger partial charge in [0.25, 0.3) is 0 Å². The first-order valence-corrected chi connectivity index (χ1v) is 9.66. The van der Waals surface area contributed by atoms with Crippen LogP contribution in [0.2, 0.25) is 5.02 Å². The Hall–Kier alpha value is -2.28. The Morgan fingerprint density at radius 2 is 2.04 bits per heavy atom. The number of rotatable bonds is 5. The van der Waals surface area contributed by atoms with Gasteiger partial charge >= 0.3 is 0 Å². The van der Waals surface area contributed by atoms with Crippen LogP contribution in [0.4, 0.5) is 0 Å². The summed E-state index contributed by atoms with van der Waals surface area (Å²) in [6.45, 7) is 0.213. The number of hydrogen-bond donors (Lipinski definition) is 1. The maximum absolute atomic E-state index is 12.5. The molecule has 3 rings (SSSR count). The highest BCUT2D eigenvalue weighted by molar-refractivity contribution is 6.30. The van der Waals surface area contributed by atoms with Gasteiger partial charge in [-0.3, -0.25) is 9.78 Å². The number of pyridine rings is 1. The lowest BCUT2D eigenvalue weighted by Crippen LogP contribution is -2.47. The van der Waals surface area contributed by atoms with E-state index in [1.807, 2.05) is 0 Å². The summed E-state index contributed by atoms with van der Waals surface area (Å²) in [6.07, 6.45) is 13.9. The molecule has 2 fully saturated rings. The van der Waals surface area contributed by atoms with Gasteiger partial charge in [-0.15, -0.1) is 6.42 Å². The molecular weight excluding hydrogens is 364 g/mol. The number of aromatic nitrogens is 1. The average Bonchev–Trinajstić information content (AvgIpc) is 3.10. The summed E-state index contributed by atoms with van der Waals surface area (Å²) in [5, 5.41) is 13.1. The molecule has 27 heavy (non-hydrogen) atoms. The van der Waals surface area contributed by atoms with Crippen LogP contribution in [0.15, 0.2) is 18.5 Å². The molecule has 1 saturated carbocycles. The van der Waals surface area contributed by atoms with Crippen LogP contribution in [0, 0.1) is 23.7 Å². The Kier molecular flexibility index (Phi) is 6.55. The number of amides is 1. The van der Waals surface area contributed by atoms with E-state index in [4.69, 9.17) is 22.8 Å². The summed E-state index contributed by atoms with van der Waals surface area (Å²) < 4.78 is 5.94. The third-order valence-electron chi connectivity index (χ3n) is 5.21. The monoisotopic (exact) mass is 386 g/mol. The highest BCUT2D eigenvalue weighted by Crippen LogP contribution is 2.26. The van der Waals surface area contributed by atoms with Gasteiger partial charge in [-0.05, 0) is 38.5 Å². The van der Waals surface area contributed by atoms with E-state index in [-0.39, 0.29) is 30.6 Å². The fourth-order valence-electron chi connectivity index (χ4n) is 3.81. The topological polar surface area (TPSA) is 78.2 Å². The molecule has 0 spiro atoms. The number of ether oxygens (including phenoxy) is 1. The molecule has 1 N–H and O–H groups in total. The fourth-order valence-corrected chi connectivity index (χ4v) is 3.97. The molecule has 0 unspecified atom stereocenters. The zero-order chi connectivity index (χ0) is 19.2. The molecule has 7 heteroatoms. The fraction of sp³-hybridized carbons (Fsp3) is 0.550. The molecule has 1 saturated heterocycles. The summed E-state index contributed by atoms with van der Waals surface area (Å²) in [5.41, 5.74) is 0. The Bertz CT molecular complexity index is 727. The summed E-state index contributed by atoms with van der Waals surface area (Å²) in [4.78, 5) is 18.1. The van der Waals surface area contributed by atoms with Crippen molar-refractivity contribution in [2.45, 2.75) is 62.8 Å². The number of likely N-dealkylation sites (tertiary alicyclic amines) is 1. The molecular formula is C20H23ClN4O2. The molecule has 6 nitrogen and oxygen atoms in total. The second-order valence-electron chi connectivity index (χ2n) is 7.02. The van der Waals surface area contributed by atoms with Crippen LogP contribution in [-0.4, -0.2) is 46.6 Å². The molecule has 1 amide bonds. The molecule has 1 aliphatic carbocycles. The zero-order valence-electron chi connectivity index (χ0n) is 15.1. The van der Waals surface area contributed by atoms with Crippen molar-refractivity contribution in [3.05, 3.63) is 23.5 Å². The first-order chi connectivity index (χ1) is 13.1. The van der Waals surface area contributed by atoms with Crippen LogP contribution in [0.5, 0.6) is 5.75 Å². The minimum absolute atomic E-state index is 0.0922. The lowest BCUT2D eigenvalue weighted by Gasteiger charge is -2.30. The molecule has 2 atom stereocenters. The van der Waals surface area contributed by atoms with E-state index in [1.54, 1.807) is 23.4 Å². The van der Waals surface area contributed by atoms with E-state index in [2.05, 4.69) is 22.3 Å². The minimum atomic E-state index is -0.407. The summed E-state index contributed by atoms with van der Waals surface area (Å²) in [7, 11) is 0. The van der Waals surface area contributed by atoms with E-state index in [0.29, 0.717) is 23.6 Å². The van der Waals surface area contributed by atoms with Gasteiger partial charge in [-0.25, -0.2) is 0 Å². The van der Waals surface area contributed by atoms with E-state index >= 15 is 0 Å². The summed E-state index contributed by atoms with van der Waals surface area (Å²) in [5.74, 6) is 3.22. The number of hydrogen-bond acceptors (Lipinski definition) is 5. The van der Waals surface area contributed by atoms with Crippen molar-refractivity contribution in [1.82, 2.24) is 15.2 Å². The predicted octanol–water partition coefficient (Wildman–Crippen LogP) is 2.53. The smallest absolute Gasteiger partial charge is 0.238 e. The molecule has 142 valence electrons. The van der Waals surface area contributed by atoms with Gasteiger partial charge in [0.05, 0.1) is 36.0 Å². The van der Waals surface area contributed by atoms with Crippen molar-refractivity contribution in [2.75, 3.05) is 6.54 Å². The predicted molar refractivity (Wildman–Crippen MR) is 102 cm³/mol. The third-order valence-corrected chi connectivity index (χ3v) is 5.42. The van der Waals surface area contributed by atoms with Crippen LogP contribution in [-0.2, 0) is 4.79 Å². The standard InChI is InChI=1S/C20H23ClN4O2/c1-2-16-5-6-17(10-22)25(16)20(26)13-24-15-3-7-18(8-4-15)27-19-9-14(21)11-23-12-19/h1,9,11-12,15-18,24H,3-8,13H2/t15-,16-,17-,18-/m0/s1. The number of nitrogens with one attached hydrogen (secondary N) is 1. The molecule has 2 heterocycles. The first-order valence-electron chi connectivity index (χ1n) is 9.28. The Morgan fingerprint density at radius 1 is 1.30 bits per heavy atom. The Labute approximate surface area is 164 Å². The molecule has 0 radical (unpaired) electrons. The average molecular weight is 387 g/mol. The number of carbonyl (C=O) groups excluding carboxylic acids is 1. The van der Waals surface area contributed by atoms with Gasteiger partial charge in [-0.1, -0.05) is 17.5 Å². The van der Waals surface area contributed by atoms with E-state index < -0.39 is 6.04 Å². The maximum Gasteiger partial charge on any atom is 0.238 e. The number of terminal acetylenes is 1. The summed E-state index contributed by atoms with van der Waals surface area (Å²) >= 11 is 5.93.